The molecule has 2 N–H and O–H groups in total. The number of hydrogen-bond donors (Lipinski definition) is 2. The quantitative estimate of drug-likeness (QED) is 0.0816. The van der Waals surface area contributed by atoms with Gasteiger partial charge in [-0.2, -0.15) is 5.06 Å². The van der Waals surface area contributed by atoms with Crippen LogP contribution >= 0.6 is 0 Å². The van der Waals surface area contributed by atoms with Gasteiger partial charge in [-0.25, -0.2) is 0 Å². The number of hydroxylamine groups is 2. The molecule has 1 aliphatic carbocycles. The van der Waals surface area contributed by atoms with Gasteiger partial charge in [-0.1, -0.05) is 94.1 Å². The molecule has 2 bridgehead atoms. The summed E-state index contributed by atoms with van der Waals surface area (Å²) in [6.45, 7) is 9.19. The highest BCUT2D eigenvalue weighted by atomic mass is 16.8. The standard InChI is InChI=1S/C51H72N4O11/c1-9-11-18-28-50(29-19-12-10-2)64-42-39-31-51(44(47(60)62-39)55(66-45(51)43(42)65-50)32-36-23-17-16-22-35(36)24-26-40(57)53(6)7)48(61)54(8)38(30-34-20-14-13-15-21-34)46(59)52-37(33-56)25-27-41(58)63-49(3,4)5/h13-17,20-24,26,37-39,42-45,56H,9-12,18-19,25,27-33H2,1-8H3,(H,52,59). The fourth-order valence-corrected chi connectivity index (χ4v) is 9.90. The van der Waals surface area contributed by atoms with E-state index in [2.05, 4.69) is 19.2 Å². The number of rotatable bonds is 22. The van der Waals surface area contributed by atoms with E-state index in [1.165, 1.54) is 20.9 Å². The minimum Gasteiger partial charge on any atom is -0.460 e. The summed E-state index contributed by atoms with van der Waals surface area (Å²) in [5, 5.41) is 14.9. The van der Waals surface area contributed by atoms with E-state index in [1.807, 2.05) is 54.6 Å². The van der Waals surface area contributed by atoms with Gasteiger partial charge in [-0.15, -0.1) is 0 Å². The van der Waals surface area contributed by atoms with Crippen molar-refractivity contribution in [3.05, 3.63) is 77.4 Å². The maximum Gasteiger partial charge on any atom is 0.327 e. The van der Waals surface area contributed by atoms with Crippen LogP contribution in [0.25, 0.3) is 6.08 Å². The molecule has 15 nitrogen and oxygen atoms in total. The van der Waals surface area contributed by atoms with Crippen LogP contribution in [0, 0.1) is 5.41 Å². The molecule has 66 heavy (non-hydrogen) atoms. The minimum atomic E-state index is -1.59. The zero-order chi connectivity index (χ0) is 47.8. The van der Waals surface area contributed by atoms with E-state index in [0.29, 0.717) is 12.8 Å². The normalized spacial score (nSPS) is 25.2. The van der Waals surface area contributed by atoms with Gasteiger partial charge in [0.25, 0.3) is 0 Å². The summed E-state index contributed by atoms with van der Waals surface area (Å²) in [6, 6.07) is 13.6. The molecule has 15 heteroatoms. The number of ether oxygens (including phenoxy) is 4. The van der Waals surface area contributed by atoms with Crippen LogP contribution in [0.3, 0.4) is 0 Å². The van der Waals surface area contributed by atoms with Crippen LogP contribution < -0.4 is 5.32 Å². The predicted molar refractivity (Wildman–Crippen MR) is 247 cm³/mol. The van der Waals surface area contributed by atoms with Crippen LogP contribution in [0.2, 0.25) is 0 Å². The molecular weight excluding hydrogens is 845 g/mol. The van der Waals surface area contributed by atoms with Crippen LogP contribution in [0.15, 0.2) is 60.7 Å². The highest BCUT2D eigenvalue weighted by molar-refractivity contribution is 5.96. The molecule has 6 rings (SSSR count). The maximum atomic E-state index is 15.9. The number of unbranched alkanes of at least 4 members (excludes halogenated alkanes) is 4. The van der Waals surface area contributed by atoms with E-state index in [1.54, 1.807) is 48.0 Å². The highest BCUT2D eigenvalue weighted by Gasteiger charge is 2.76. The zero-order valence-electron chi connectivity index (χ0n) is 40.2. The van der Waals surface area contributed by atoms with Crippen LogP contribution in [0.4, 0.5) is 0 Å². The molecule has 3 saturated heterocycles. The smallest absolute Gasteiger partial charge is 0.327 e. The van der Waals surface area contributed by atoms with Gasteiger partial charge in [-0.05, 0) is 62.8 Å². The Bertz CT molecular complexity index is 2030. The first kappa shape index (κ1) is 50.7. The Balaban J connectivity index is 1.39. The summed E-state index contributed by atoms with van der Waals surface area (Å²) in [5.74, 6) is -3.31. The molecule has 2 aromatic rings. The molecule has 3 aliphatic heterocycles. The summed E-state index contributed by atoms with van der Waals surface area (Å²) in [7, 11) is 4.91. The Morgan fingerprint density at radius 1 is 0.939 bits per heavy atom. The number of fused-ring (bicyclic) bond motifs is 4. The lowest BCUT2D eigenvalue weighted by molar-refractivity contribution is -0.225. The summed E-state index contributed by atoms with van der Waals surface area (Å²) >= 11 is 0. The van der Waals surface area contributed by atoms with Crippen LogP contribution in [0.5, 0.6) is 0 Å². The lowest BCUT2D eigenvalue weighted by Crippen LogP contribution is -2.70. The first-order valence-electron chi connectivity index (χ1n) is 23.9. The van der Waals surface area contributed by atoms with Crippen molar-refractivity contribution in [2.45, 2.75) is 172 Å². The van der Waals surface area contributed by atoms with E-state index in [-0.39, 0.29) is 38.1 Å². The van der Waals surface area contributed by atoms with E-state index in [4.69, 9.17) is 23.8 Å². The molecule has 0 radical (unpaired) electrons. The molecule has 8 unspecified atom stereocenters. The summed E-state index contributed by atoms with van der Waals surface area (Å²) in [6.07, 6.45) is 7.03. The molecule has 4 fully saturated rings. The van der Waals surface area contributed by atoms with E-state index in [9.17, 15) is 24.3 Å². The molecule has 0 aromatic heterocycles. The first-order chi connectivity index (χ1) is 31.5. The van der Waals surface area contributed by atoms with E-state index >= 15 is 4.79 Å². The molecule has 8 atom stereocenters. The number of esters is 2. The third-order valence-corrected chi connectivity index (χ3v) is 13.2. The van der Waals surface area contributed by atoms with Gasteiger partial charge in [-0.3, -0.25) is 28.8 Å². The van der Waals surface area contributed by atoms with Gasteiger partial charge < -0.3 is 39.2 Å². The number of aliphatic hydroxyl groups excluding tert-OH is 1. The molecule has 1 saturated carbocycles. The molecule has 3 amide bonds. The van der Waals surface area contributed by atoms with Gasteiger partial charge in [0.2, 0.25) is 17.7 Å². The third kappa shape index (κ3) is 11.5. The highest BCUT2D eigenvalue weighted by Crippen LogP contribution is 2.58. The Morgan fingerprint density at radius 2 is 1.59 bits per heavy atom. The van der Waals surface area contributed by atoms with Crippen molar-refractivity contribution in [3.63, 3.8) is 0 Å². The number of carbonyl (C=O) groups excluding carboxylic acids is 5. The van der Waals surface area contributed by atoms with Gasteiger partial charge in [0.05, 0.1) is 19.2 Å². The number of carbonyl (C=O) groups is 5. The number of aliphatic hydroxyl groups is 1. The van der Waals surface area contributed by atoms with Gasteiger partial charge in [0, 0.05) is 59.3 Å². The van der Waals surface area contributed by atoms with Crippen LogP contribution in [-0.4, -0.2) is 131 Å². The lowest BCUT2D eigenvalue weighted by atomic mass is 9.62. The number of benzene rings is 2. The molecule has 362 valence electrons. The van der Waals surface area contributed by atoms with Crippen molar-refractivity contribution in [2.24, 2.45) is 5.41 Å². The monoisotopic (exact) mass is 917 g/mol. The van der Waals surface area contributed by atoms with Gasteiger partial charge in [0.1, 0.15) is 41.5 Å². The number of likely N-dealkylation sites (N-methyl/N-ethyl adjacent to an activating group) is 2. The number of hydrogen-bond acceptors (Lipinski definition) is 12. The predicted octanol–water partition coefficient (Wildman–Crippen LogP) is 5.90. The number of amides is 3. The van der Waals surface area contributed by atoms with Crippen LogP contribution in [0.1, 0.15) is 122 Å². The Morgan fingerprint density at radius 3 is 2.23 bits per heavy atom. The largest absolute Gasteiger partial charge is 0.460 e. The van der Waals surface area contributed by atoms with Gasteiger partial charge in [0.15, 0.2) is 11.8 Å². The molecule has 4 aliphatic rings. The average Bonchev–Trinajstić information content (AvgIpc) is 3.84. The van der Waals surface area contributed by atoms with E-state index < -0.39 is 89.7 Å². The number of nitrogens with one attached hydrogen (secondary N) is 1. The van der Waals surface area contributed by atoms with Crippen molar-refractivity contribution in [1.82, 2.24) is 20.2 Å². The second-order valence-electron chi connectivity index (χ2n) is 19.6. The Hall–Kier alpha value is -4.67. The van der Waals surface area contributed by atoms with Crippen molar-refractivity contribution in [3.8, 4) is 0 Å². The summed E-state index contributed by atoms with van der Waals surface area (Å²) in [4.78, 5) is 80.3. The minimum absolute atomic E-state index is 0.0437. The van der Waals surface area contributed by atoms with Crippen molar-refractivity contribution in [1.29, 1.82) is 0 Å². The SMILES string of the molecule is CCCCCC1(CCCCC)OC2C3CC4(C(=O)N(C)C(Cc5ccccc5)C(=O)NC(CO)CCC(=O)OC(C)(C)C)C(ON(Cc5ccccc5C=CC(=O)N(C)C)C4C(=O)O3)C2O1. The fraction of sp³-hybridized carbons (Fsp3) is 0.627. The number of nitrogens with zero attached hydrogens (tertiary/aromatic N) is 3. The average molecular weight is 917 g/mol. The van der Waals surface area contributed by atoms with Crippen molar-refractivity contribution >= 4 is 35.7 Å². The molecule has 0 spiro atoms. The Kier molecular flexibility index (Phi) is 16.9. The second-order valence-corrected chi connectivity index (χ2v) is 19.6. The maximum absolute atomic E-state index is 15.9. The third-order valence-electron chi connectivity index (χ3n) is 13.2. The van der Waals surface area contributed by atoms with E-state index in [0.717, 1.165) is 55.2 Å². The van der Waals surface area contributed by atoms with Crippen molar-refractivity contribution in [2.75, 3.05) is 27.7 Å². The second kappa shape index (κ2) is 22.0. The van der Waals surface area contributed by atoms with Crippen LogP contribution in [-0.2, 0) is 60.7 Å². The topological polar surface area (TPSA) is 173 Å². The molecule has 3 heterocycles. The summed E-state index contributed by atoms with van der Waals surface area (Å²) < 4.78 is 25.9. The zero-order valence-corrected chi connectivity index (χ0v) is 40.2. The fourth-order valence-electron chi connectivity index (χ4n) is 9.90. The van der Waals surface area contributed by atoms with Crippen molar-refractivity contribution < 1.29 is 52.9 Å². The van der Waals surface area contributed by atoms with Gasteiger partial charge >= 0.3 is 11.9 Å². The molecular formula is C51H72N4O11. The first-order valence-corrected chi connectivity index (χ1v) is 23.9. The lowest BCUT2D eigenvalue weighted by Gasteiger charge is -2.50. The summed E-state index contributed by atoms with van der Waals surface area (Å²) in [5.41, 5.74) is -0.0467. The molecule has 2 aromatic carbocycles. The Labute approximate surface area is 390 Å².